The number of hydrogen-bond donors (Lipinski definition) is 1. The Morgan fingerprint density at radius 1 is 1.35 bits per heavy atom. The second-order valence-electron chi connectivity index (χ2n) is 4.58. The van der Waals surface area contributed by atoms with E-state index in [1.807, 2.05) is 12.1 Å². The lowest BCUT2D eigenvalue weighted by Gasteiger charge is -2.12. The zero-order valence-corrected chi connectivity index (χ0v) is 14.9. The molecule has 0 bridgehead atoms. The van der Waals surface area contributed by atoms with Crippen LogP contribution < -0.4 is 10.1 Å². The van der Waals surface area contributed by atoms with Gasteiger partial charge in [-0.15, -0.1) is 0 Å². The zero-order valence-electron chi connectivity index (χ0n) is 13.3. The van der Waals surface area contributed by atoms with Gasteiger partial charge in [0.2, 0.25) is 0 Å². The molecule has 7 heteroatoms. The SMILES string of the molecule is COCCNC(=O)[C@@H](C)OC(=O)/C=C/c1cc(Br)ccc1OC. The molecule has 1 N–H and O–H groups in total. The second kappa shape index (κ2) is 10.0. The first-order chi connectivity index (χ1) is 11.0. The molecule has 0 fully saturated rings. The van der Waals surface area contributed by atoms with E-state index in [9.17, 15) is 9.59 Å². The molecule has 23 heavy (non-hydrogen) atoms. The number of carbonyl (C=O) groups is 2. The standard InChI is InChI=1S/C16H20BrNO5/c1-11(16(20)18-8-9-21-2)23-15(19)7-4-12-10-13(17)5-6-14(12)22-3/h4-7,10-11H,8-9H2,1-3H3,(H,18,20)/b7-4+/t11-/m1/s1. The molecule has 0 saturated heterocycles. The lowest BCUT2D eigenvalue weighted by molar-refractivity contribution is -0.150. The number of nitrogens with one attached hydrogen (secondary N) is 1. The van der Waals surface area contributed by atoms with Crippen LogP contribution in [0.3, 0.4) is 0 Å². The van der Waals surface area contributed by atoms with Crippen LogP contribution in [-0.2, 0) is 19.1 Å². The van der Waals surface area contributed by atoms with Gasteiger partial charge in [0.15, 0.2) is 6.10 Å². The van der Waals surface area contributed by atoms with Crippen LogP contribution in [0.15, 0.2) is 28.7 Å². The first-order valence-electron chi connectivity index (χ1n) is 6.96. The Morgan fingerprint density at radius 2 is 2.09 bits per heavy atom. The number of esters is 1. The molecule has 0 spiro atoms. The van der Waals surface area contributed by atoms with Gasteiger partial charge in [-0.2, -0.15) is 0 Å². The summed E-state index contributed by atoms with van der Waals surface area (Å²) < 4.78 is 15.9. The molecule has 0 aliphatic heterocycles. The molecule has 1 atom stereocenters. The van der Waals surface area contributed by atoms with Crippen molar-refractivity contribution in [3.8, 4) is 5.75 Å². The summed E-state index contributed by atoms with van der Waals surface area (Å²) in [7, 11) is 3.09. The van der Waals surface area contributed by atoms with Crippen molar-refractivity contribution in [3.05, 3.63) is 34.3 Å². The summed E-state index contributed by atoms with van der Waals surface area (Å²) in [5.41, 5.74) is 0.719. The summed E-state index contributed by atoms with van der Waals surface area (Å²) in [5.74, 6) is -0.354. The second-order valence-corrected chi connectivity index (χ2v) is 5.50. The third-order valence-electron chi connectivity index (χ3n) is 2.86. The highest BCUT2D eigenvalue weighted by molar-refractivity contribution is 9.10. The largest absolute Gasteiger partial charge is 0.496 e. The zero-order chi connectivity index (χ0) is 17.2. The number of rotatable bonds is 8. The minimum atomic E-state index is -0.881. The van der Waals surface area contributed by atoms with Gasteiger partial charge in [0.25, 0.3) is 5.91 Å². The Labute approximate surface area is 143 Å². The van der Waals surface area contributed by atoms with Crippen LogP contribution in [0.4, 0.5) is 0 Å². The fourth-order valence-electron chi connectivity index (χ4n) is 1.68. The fraction of sp³-hybridized carbons (Fsp3) is 0.375. The molecule has 1 aromatic carbocycles. The monoisotopic (exact) mass is 385 g/mol. The van der Waals surface area contributed by atoms with E-state index in [1.54, 1.807) is 19.3 Å². The van der Waals surface area contributed by atoms with Gasteiger partial charge in [-0.3, -0.25) is 4.79 Å². The van der Waals surface area contributed by atoms with Crippen molar-refractivity contribution in [1.82, 2.24) is 5.32 Å². The van der Waals surface area contributed by atoms with E-state index in [0.29, 0.717) is 18.9 Å². The van der Waals surface area contributed by atoms with Gasteiger partial charge in [-0.1, -0.05) is 15.9 Å². The Hall–Kier alpha value is -1.86. The van der Waals surface area contributed by atoms with E-state index in [2.05, 4.69) is 21.2 Å². The molecule has 1 aromatic rings. The Balaban J connectivity index is 2.59. The van der Waals surface area contributed by atoms with E-state index >= 15 is 0 Å². The van der Waals surface area contributed by atoms with Gasteiger partial charge in [-0.25, -0.2) is 4.79 Å². The number of carbonyl (C=O) groups excluding carboxylic acids is 2. The molecular weight excluding hydrogens is 366 g/mol. The number of amides is 1. The van der Waals surface area contributed by atoms with Crippen molar-refractivity contribution < 1.29 is 23.8 Å². The summed E-state index contributed by atoms with van der Waals surface area (Å²) in [6.07, 6.45) is 1.94. The number of hydrogen-bond acceptors (Lipinski definition) is 5. The molecule has 6 nitrogen and oxygen atoms in total. The number of benzene rings is 1. The van der Waals surface area contributed by atoms with Crippen LogP contribution in [0, 0.1) is 0 Å². The van der Waals surface area contributed by atoms with Crippen LogP contribution in [0.5, 0.6) is 5.75 Å². The van der Waals surface area contributed by atoms with Gasteiger partial charge >= 0.3 is 5.97 Å². The third-order valence-corrected chi connectivity index (χ3v) is 3.35. The van der Waals surface area contributed by atoms with Crippen LogP contribution >= 0.6 is 15.9 Å². The average molecular weight is 386 g/mol. The molecule has 0 aliphatic rings. The van der Waals surface area contributed by atoms with Crippen LogP contribution in [0.25, 0.3) is 6.08 Å². The molecule has 1 rings (SSSR count). The molecule has 0 aliphatic carbocycles. The van der Waals surface area contributed by atoms with E-state index < -0.39 is 12.1 Å². The van der Waals surface area contributed by atoms with E-state index in [-0.39, 0.29) is 5.91 Å². The number of ether oxygens (including phenoxy) is 3. The van der Waals surface area contributed by atoms with Crippen molar-refractivity contribution in [2.75, 3.05) is 27.4 Å². The highest BCUT2D eigenvalue weighted by Gasteiger charge is 2.15. The van der Waals surface area contributed by atoms with Crippen LogP contribution in [0.1, 0.15) is 12.5 Å². The Morgan fingerprint density at radius 3 is 2.74 bits per heavy atom. The predicted octanol–water partition coefficient (Wildman–Crippen LogP) is 2.17. The number of methoxy groups -OCH3 is 2. The van der Waals surface area contributed by atoms with Crippen molar-refractivity contribution in [2.24, 2.45) is 0 Å². The minimum Gasteiger partial charge on any atom is -0.496 e. The van der Waals surface area contributed by atoms with Crippen molar-refractivity contribution in [3.63, 3.8) is 0 Å². The van der Waals surface area contributed by atoms with Crippen LogP contribution in [-0.4, -0.2) is 45.4 Å². The smallest absolute Gasteiger partial charge is 0.331 e. The van der Waals surface area contributed by atoms with Crippen molar-refractivity contribution in [1.29, 1.82) is 0 Å². The molecule has 0 aromatic heterocycles. The van der Waals surface area contributed by atoms with E-state index in [4.69, 9.17) is 14.2 Å². The third kappa shape index (κ3) is 6.83. The molecule has 0 radical (unpaired) electrons. The first kappa shape index (κ1) is 19.2. The van der Waals surface area contributed by atoms with E-state index in [1.165, 1.54) is 20.1 Å². The molecule has 126 valence electrons. The summed E-state index contributed by atoms with van der Waals surface area (Å²) in [6.45, 7) is 2.27. The lowest BCUT2D eigenvalue weighted by atomic mass is 10.2. The van der Waals surface area contributed by atoms with Gasteiger partial charge < -0.3 is 19.5 Å². The lowest BCUT2D eigenvalue weighted by Crippen LogP contribution is -2.37. The highest BCUT2D eigenvalue weighted by atomic mass is 79.9. The van der Waals surface area contributed by atoms with Crippen molar-refractivity contribution >= 4 is 33.9 Å². The molecular formula is C16H20BrNO5. The van der Waals surface area contributed by atoms with Crippen LogP contribution in [0.2, 0.25) is 0 Å². The summed E-state index contributed by atoms with van der Waals surface area (Å²) in [5, 5.41) is 2.60. The maximum Gasteiger partial charge on any atom is 0.331 e. The normalized spacial score (nSPS) is 12.0. The minimum absolute atomic E-state index is 0.363. The number of halogens is 1. The van der Waals surface area contributed by atoms with Gasteiger partial charge in [-0.05, 0) is 31.2 Å². The summed E-state index contributed by atoms with van der Waals surface area (Å²) in [6, 6.07) is 5.42. The van der Waals surface area contributed by atoms with Gasteiger partial charge in [0, 0.05) is 29.8 Å². The highest BCUT2D eigenvalue weighted by Crippen LogP contribution is 2.24. The Kier molecular flexibility index (Phi) is 8.36. The Bertz CT molecular complexity index is 574. The molecule has 0 unspecified atom stereocenters. The maximum absolute atomic E-state index is 11.8. The summed E-state index contributed by atoms with van der Waals surface area (Å²) in [4.78, 5) is 23.5. The molecule has 0 heterocycles. The molecule has 0 saturated carbocycles. The quantitative estimate of drug-likeness (QED) is 0.421. The predicted molar refractivity (Wildman–Crippen MR) is 90.2 cm³/mol. The maximum atomic E-state index is 11.8. The molecule has 1 amide bonds. The average Bonchev–Trinajstić information content (AvgIpc) is 2.53. The first-order valence-corrected chi connectivity index (χ1v) is 7.76. The van der Waals surface area contributed by atoms with Gasteiger partial charge in [0.1, 0.15) is 5.75 Å². The van der Waals surface area contributed by atoms with E-state index in [0.717, 1.165) is 10.0 Å². The fourth-order valence-corrected chi connectivity index (χ4v) is 2.06. The topological polar surface area (TPSA) is 73.9 Å². The van der Waals surface area contributed by atoms with Crippen molar-refractivity contribution in [2.45, 2.75) is 13.0 Å². The van der Waals surface area contributed by atoms with Gasteiger partial charge in [0.05, 0.1) is 13.7 Å². The summed E-state index contributed by atoms with van der Waals surface area (Å²) >= 11 is 3.35.